The molecular weight excluding hydrogens is 429 g/mol. The van der Waals surface area contributed by atoms with Crippen molar-refractivity contribution < 1.29 is 23.1 Å². The maximum absolute atomic E-state index is 13.1. The van der Waals surface area contributed by atoms with Gasteiger partial charge in [0.05, 0.1) is 22.5 Å². The Morgan fingerprint density at radius 3 is 1.97 bits per heavy atom. The highest BCUT2D eigenvalue weighted by molar-refractivity contribution is 6.32. The van der Waals surface area contributed by atoms with Crippen molar-refractivity contribution in [2.75, 3.05) is 5.01 Å². The van der Waals surface area contributed by atoms with E-state index in [1.54, 1.807) is 13.0 Å². The van der Waals surface area contributed by atoms with Crippen LogP contribution in [0, 0.1) is 0 Å². The molecule has 0 atom stereocenters. The molecule has 1 N–H and O–H groups in total. The van der Waals surface area contributed by atoms with E-state index in [1.807, 2.05) is 53.7 Å². The second kappa shape index (κ2) is 8.04. The maximum atomic E-state index is 13.1. The first-order chi connectivity index (χ1) is 15.0. The molecule has 176 valence electrons. The van der Waals surface area contributed by atoms with Crippen molar-refractivity contribution in [2.24, 2.45) is 5.10 Å². The van der Waals surface area contributed by atoms with Crippen molar-refractivity contribution in [3.8, 4) is 5.75 Å². The van der Waals surface area contributed by atoms with E-state index in [1.165, 1.54) is 12.1 Å². The Balaban J connectivity index is 2.09. The molecule has 0 aliphatic carbocycles. The van der Waals surface area contributed by atoms with Crippen LogP contribution in [0.15, 0.2) is 47.1 Å². The zero-order valence-electron chi connectivity index (χ0n) is 19.9. The lowest BCUT2D eigenvalue weighted by Crippen LogP contribution is -2.22. The van der Waals surface area contributed by atoms with Gasteiger partial charge in [0.25, 0.3) is 5.91 Å². The standard InChI is InChI=1S/C26H29F3N2O2/c1-15-19(23(33)31(30-15)18-10-8-9-17(14-18)26(27,28)29)11-16-12-20(24(2,3)4)22(32)21(13-16)25(5,6)7/h8-14,32H,1-7H3/b19-11-. The number of hydrogen-bond donors (Lipinski definition) is 1. The van der Waals surface area contributed by atoms with Gasteiger partial charge in [-0.25, -0.2) is 0 Å². The summed E-state index contributed by atoms with van der Waals surface area (Å²) < 4.78 is 39.4. The van der Waals surface area contributed by atoms with Gasteiger partial charge in [-0.2, -0.15) is 23.3 Å². The van der Waals surface area contributed by atoms with E-state index < -0.39 is 17.6 Å². The average Bonchev–Trinajstić information content (AvgIpc) is 2.95. The molecule has 0 spiro atoms. The number of phenols is 1. The van der Waals surface area contributed by atoms with Gasteiger partial charge in [-0.15, -0.1) is 0 Å². The number of hydrazone groups is 1. The zero-order valence-corrected chi connectivity index (χ0v) is 19.9. The number of rotatable bonds is 2. The number of carbonyl (C=O) groups is 1. The van der Waals surface area contributed by atoms with Crippen molar-refractivity contribution in [2.45, 2.75) is 65.5 Å². The fraction of sp³-hybridized carbons (Fsp3) is 0.385. The lowest BCUT2D eigenvalue weighted by molar-refractivity contribution is -0.137. The Kier molecular flexibility index (Phi) is 5.98. The van der Waals surface area contributed by atoms with E-state index in [4.69, 9.17) is 0 Å². The van der Waals surface area contributed by atoms with Gasteiger partial charge in [-0.1, -0.05) is 47.6 Å². The van der Waals surface area contributed by atoms with Crippen LogP contribution in [0.3, 0.4) is 0 Å². The number of anilines is 1. The van der Waals surface area contributed by atoms with Gasteiger partial charge in [-0.05, 0) is 59.7 Å². The summed E-state index contributed by atoms with van der Waals surface area (Å²) in [7, 11) is 0. The highest BCUT2D eigenvalue weighted by atomic mass is 19.4. The Labute approximate surface area is 192 Å². The second-order valence-electron chi connectivity index (χ2n) is 10.4. The van der Waals surface area contributed by atoms with Gasteiger partial charge in [0.1, 0.15) is 5.75 Å². The monoisotopic (exact) mass is 458 g/mol. The summed E-state index contributed by atoms with van der Waals surface area (Å²) in [5.41, 5.74) is 1.42. The molecule has 1 aliphatic rings. The molecule has 0 radical (unpaired) electrons. The van der Waals surface area contributed by atoms with Crippen LogP contribution in [0.5, 0.6) is 5.75 Å². The third kappa shape index (κ3) is 4.97. The van der Waals surface area contributed by atoms with Gasteiger partial charge in [0.2, 0.25) is 0 Å². The van der Waals surface area contributed by atoms with Crippen LogP contribution in [0.2, 0.25) is 0 Å². The van der Waals surface area contributed by atoms with Crippen LogP contribution >= 0.6 is 0 Å². The van der Waals surface area contributed by atoms with Crippen molar-refractivity contribution in [3.05, 3.63) is 64.2 Å². The number of carbonyl (C=O) groups excluding carboxylic acids is 1. The number of benzene rings is 2. The maximum Gasteiger partial charge on any atom is 0.416 e. The molecule has 7 heteroatoms. The fourth-order valence-electron chi connectivity index (χ4n) is 3.72. The smallest absolute Gasteiger partial charge is 0.416 e. The number of hydrogen-bond acceptors (Lipinski definition) is 3. The molecule has 0 saturated heterocycles. The first-order valence-electron chi connectivity index (χ1n) is 10.7. The Bertz CT molecular complexity index is 1130. The quantitative estimate of drug-likeness (QED) is 0.503. The van der Waals surface area contributed by atoms with Crippen LogP contribution < -0.4 is 5.01 Å². The fourth-order valence-corrected chi connectivity index (χ4v) is 3.72. The molecule has 0 bridgehead atoms. The molecule has 0 unspecified atom stereocenters. The normalized spacial score (nSPS) is 16.5. The molecule has 0 fully saturated rings. The van der Waals surface area contributed by atoms with Crippen molar-refractivity contribution in [1.82, 2.24) is 0 Å². The molecule has 1 aliphatic heterocycles. The summed E-state index contributed by atoms with van der Waals surface area (Å²) in [5, 5.41) is 16.1. The van der Waals surface area contributed by atoms with Crippen molar-refractivity contribution in [3.63, 3.8) is 0 Å². The highest BCUT2D eigenvalue weighted by Gasteiger charge is 2.34. The summed E-state index contributed by atoms with van der Waals surface area (Å²) in [6.45, 7) is 13.6. The Morgan fingerprint density at radius 1 is 0.939 bits per heavy atom. The molecule has 2 aromatic carbocycles. The van der Waals surface area contributed by atoms with Gasteiger partial charge < -0.3 is 5.11 Å². The van der Waals surface area contributed by atoms with Crippen molar-refractivity contribution >= 4 is 23.4 Å². The molecule has 2 aromatic rings. The Morgan fingerprint density at radius 2 is 1.48 bits per heavy atom. The number of phenolic OH excluding ortho intramolecular Hbond substituents is 1. The molecule has 0 saturated carbocycles. The highest BCUT2D eigenvalue weighted by Crippen LogP contribution is 2.40. The van der Waals surface area contributed by atoms with E-state index in [-0.39, 0.29) is 27.8 Å². The van der Waals surface area contributed by atoms with Crippen LogP contribution in [0.4, 0.5) is 18.9 Å². The van der Waals surface area contributed by atoms with Crippen LogP contribution in [-0.2, 0) is 21.8 Å². The van der Waals surface area contributed by atoms with Gasteiger partial charge >= 0.3 is 6.18 Å². The van der Waals surface area contributed by atoms with Crippen LogP contribution in [0.25, 0.3) is 6.08 Å². The van der Waals surface area contributed by atoms with Gasteiger partial charge in [-0.3, -0.25) is 4.79 Å². The van der Waals surface area contributed by atoms with Gasteiger partial charge in [0.15, 0.2) is 0 Å². The predicted molar refractivity (Wildman–Crippen MR) is 126 cm³/mol. The van der Waals surface area contributed by atoms with E-state index in [0.29, 0.717) is 11.3 Å². The summed E-state index contributed by atoms with van der Waals surface area (Å²) in [5.74, 6) is -0.277. The topological polar surface area (TPSA) is 52.9 Å². The summed E-state index contributed by atoms with van der Waals surface area (Å²) in [4.78, 5) is 13.1. The molecule has 1 heterocycles. The van der Waals surface area contributed by atoms with Crippen LogP contribution in [-0.4, -0.2) is 16.7 Å². The van der Waals surface area contributed by atoms with Gasteiger partial charge in [0, 0.05) is 11.1 Å². The first kappa shape index (κ1) is 24.6. The largest absolute Gasteiger partial charge is 0.507 e. The third-order valence-corrected chi connectivity index (χ3v) is 5.54. The van der Waals surface area contributed by atoms with E-state index in [0.717, 1.165) is 28.3 Å². The van der Waals surface area contributed by atoms with E-state index in [9.17, 15) is 23.1 Å². The number of nitrogens with zero attached hydrogens (tertiary/aromatic N) is 2. The SMILES string of the molecule is CC1=NN(c2cccc(C(F)(F)F)c2)C(=O)/C1=C\c1cc(C(C)(C)C)c(O)c(C(C)(C)C)c1. The number of aromatic hydroxyl groups is 1. The lowest BCUT2D eigenvalue weighted by Gasteiger charge is -2.28. The summed E-state index contributed by atoms with van der Waals surface area (Å²) >= 11 is 0. The van der Waals surface area contributed by atoms with Crippen LogP contribution in [0.1, 0.15) is 70.7 Å². The number of amides is 1. The average molecular weight is 459 g/mol. The summed E-state index contributed by atoms with van der Waals surface area (Å²) in [6, 6.07) is 8.21. The summed E-state index contributed by atoms with van der Waals surface area (Å²) in [6.07, 6.45) is -2.84. The molecule has 1 amide bonds. The van der Waals surface area contributed by atoms with Crippen molar-refractivity contribution in [1.29, 1.82) is 0 Å². The Hall–Kier alpha value is -3.09. The lowest BCUT2D eigenvalue weighted by atomic mass is 9.78. The minimum Gasteiger partial charge on any atom is -0.507 e. The minimum absolute atomic E-state index is 0.0500. The predicted octanol–water partition coefficient (Wildman–Crippen LogP) is 6.81. The van der Waals surface area contributed by atoms with E-state index in [2.05, 4.69) is 5.10 Å². The third-order valence-electron chi connectivity index (χ3n) is 5.54. The number of alkyl halides is 3. The molecule has 4 nitrogen and oxygen atoms in total. The molecule has 33 heavy (non-hydrogen) atoms. The number of halogens is 3. The first-order valence-corrected chi connectivity index (χ1v) is 10.7. The minimum atomic E-state index is -4.52. The van der Waals surface area contributed by atoms with E-state index >= 15 is 0 Å². The molecule has 0 aromatic heterocycles. The molecule has 3 rings (SSSR count). The second-order valence-corrected chi connectivity index (χ2v) is 10.4. The zero-order chi connectivity index (χ0) is 24.9. The molecular formula is C26H29F3N2O2.